The molecule has 2 aliphatic heterocycles. The number of hydrogen-bond acceptors (Lipinski definition) is 4. The molecular weight excluding hydrogens is 354 g/mol. The Morgan fingerprint density at radius 1 is 1.07 bits per heavy atom. The number of carbonyl (C=O) groups excluding carboxylic acids is 1. The zero-order valence-corrected chi connectivity index (χ0v) is 15.6. The molecule has 0 saturated carbocycles. The number of ether oxygens (including phenoxy) is 1. The van der Waals surface area contributed by atoms with Crippen LogP contribution in [-0.4, -0.2) is 33.5 Å². The zero-order valence-electron chi connectivity index (χ0n) is 15.6. The number of carbonyl (C=O) groups is 1. The topological polar surface area (TPSA) is 64.4 Å². The maximum atomic E-state index is 12.7. The molecular formula is C22H21N3O3. The van der Waals surface area contributed by atoms with Crippen LogP contribution in [0.25, 0.3) is 10.9 Å². The molecule has 0 atom stereocenters. The lowest BCUT2D eigenvalue weighted by atomic mass is 10.00. The number of aryl methyl sites for hydroxylation is 1. The van der Waals surface area contributed by atoms with Gasteiger partial charge < -0.3 is 9.64 Å². The first kappa shape index (κ1) is 17.0. The highest BCUT2D eigenvalue weighted by Crippen LogP contribution is 2.21. The molecule has 3 heterocycles. The fourth-order valence-corrected chi connectivity index (χ4v) is 4.10. The monoisotopic (exact) mass is 375 g/mol. The van der Waals surface area contributed by atoms with Gasteiger partial charge in [0.15, 0.2) is 6.61 Å². The van der Waals surface area contributed by atoms with Gasteiger partial charge in [0.1, 0.15) is 11.6 Å². The third-order valence-electron chi connectivity index (χ3n) is 5.63. The van der Waals surface area contributed by atoms with Crippen LogP contribution in [0.3, 0.4) is 0 Å². The van der Waals surface area contributed by atoms with Crippen molar-refractivity contribution in [1.29, 1.82) is 0 Å². The molecule has 0 fully saturated rings. The minimum Gasteiger partial charge on any atom is -0.484 e. The van der Waals surface area contributed by atoms with Crippen molar-refractivity contribution in [1.82, 2.24) is 14.5 Å². The van der Waals surface area contributed by atoms with E-state index in [1.807, 2.05) is 17.0 Å². The number of aromatic nitrogens is 2. The minimum absolute atomic E-state index is 0.0260. The molecule has 1 aromatic heterocycles. The average Bonchev–Trinajstić information content (AvgIpc) is 3.21. The summed E-state index contributed by atoms with van der Waals surface area (Å²) in [5.41, 5.74) is 3.16. The Balaban J connectivity index is 1.31. The fraction of sp³-hybridized carbons (Fsp3) is 0.318. The van der Waals surface area contributed by atoms with Crippen molar-refractivity contribution < 1.29 is 9.53 Å². The number of benzene rings is 2. The Morgan fingerprint density at radius 3 is 2.82 bits per heavy atom. The third-order valence-corrected chi connectivity index (χ3v) is 5.63. The molecule has 1 amide bonds. The molecule has 0 saturated heterocycles. The lowest BCUT2D eigenvalue weighted by Crippen LogP contribution is -2.38. The second-order valence-corrected chi connectivity index (χ2v) is 7.39. The molecule has 5 rings (SSSR count). The van der Waals surface area contributed by atoms with Gasteiger partial charge in [-0.15, -0.1) is 0 Å². The molecule has 0 radical (unpaired) electrons. The number of nitrogens with zero attached hydrogens (tertiary/aromatic N) is 3. The van der Waals surface area contributed by atoms with Crippen LogP contribution in [0.2, 0.25) is 0 Å². The van der Waals surface area contributed by atoms with Crippen molar-refractivity contribution in [2.24, 2.45) is 0 Å². The van der Waals surface area contributed by atoms with Gasteiger partial charge in [0.2, 0.25) is 0 Å². The summed E-state index contributed by atoms with van der Waals surface area (Å²) in [7, 11) is 0. The summed E-state index contributed by atoms with van der Waals surface area (Å²) < 4.78 is 7.46. The van der Waals surface area contributed by atoms with Crippen molar-refractivity contribution in [2.75, 3.05) is 13.2 Å². The first-order chi connectivity index (χ1) is 13.7. The van der Waals surface area contributed by atoms with Gasteiger partial charge in [0, 0.05) is 26.1 Å². The highest BCUT2D eigenvalue weighted by atomic mass is 16.5. The Kier molecular flexibility index (Phi) is 4.11. The normalized spacial score (nSPS) is 15.4. The molecule has 6 heteroatoms. The Morgan fingerprint density at radius 2 is 1.93 bits per heavy atom. The maximum Gasteiger partial charge on any atom is 0.261 e. The zero-order chi connectivity index (χ0) is 19.1. The fourth-order valence-electron chi connectivity index (χ4n) is 4.10. The molecule has 0 spiro atoms. The smallest absolute Gasteiger partial charge is 0.261 e. The number of amides is 1. The summed E-state index contributed by atoms with van der Waals surface area (Å²) in [6, 6.07) is 13.5. The van der Waals surface area contributed by atoms with Gasteiger partial charge in [-0.25, -0.2) is 4.98 Å². The summed E-state index contributed by atoms with van der Waals surface area (Å²) in [4.78, 5) is 31.7. The molecule has 2 aliphatic rings. The van der Waals surface area contributed by atoms with Gasteiger partial charge in [0.05, 0.1) is 10.9 Å². The van der Waals surface area contributed by atoms with Crippen LogP contribution in [0.15, 0.2) is 47.3 Å². The molecule has 0 N–H and O–H groups in total. The summed E-state index contributed by atoms with van der Waals surface area (Å²) in [5.74, 6) is 1.33. The Labute approximate surface area is 162 Å². The largest absolute Gasteiger partial charge is 0.484 e. The van der Waals surface area contributed by atoms with Crippen LogP contribution in [0.5, 0.6) is 5.75 Å². The first-order valence-corrected chi connectivity index (χ1v) is 9.70. The van der Waals surface area contributed by atoms with E-state index < -0.39 is 0 Å². The van der Waals surface area contributed by atoms with Gasteiger partial charge in [-0.3, -0.25) is 14.2 Å². The molecule has 2 aromatic carbocycles. The number of hydrogen-bond donors (Lipinski definition) is 0. The van der Waals surface area contributed by atoms with E-state index >= 15 is 0 Å². The van der Waals surface area contributed by atoms with Crippen LogP contribution in [0.1, 0.15) is 23.4 Å². The van der Waals surface area contributed by atoms with Gasteiger partial charge in [0.25, 0.3) is 11.5 Å². The highest BCUT2D eigenvalue weighted by Gasteiger charge is 2.21. The average molecular weight is 375 g/mol. The second-order valence-electron chi connectivity index (χ2n) is 7.39. The van der Waals surface area contributed by atoms with Gasteiger partial charge in [-0.1, -0.05) is 24.3 Å². The maximum absolute atomic E-state index is 12.7. The number of rotatable bonds is 3. The van der Waals surface area contributed by atoms with E-state index in [1.165, 1.54) is 11.1 Å². The lowest BCUT2D eigenvalue weighted by Gasteiger charge is -2.28. The van der Waals surface area contributed by atoms with Gasteiger partial charge >= 0.3 is 0 Å². The molecule has 142 valence electrons. The highest BCUT2D eigenvalue weighted by molar-refractivity contribution is 5.80. The van der Waals surface area contributed by atoms with Crippen LogP contribution in [0, 0.1) is 0 Å². The molecule has 0 aliphatic carbocycles. The van der Waals surface area contributed by atoms with E-state index in [4.69, 9.17) is 4.74 Å². The van der Waals surface area contributed by atoms with E-state index in [1.54, 1.807) is 22.8 Å². The van der Waals surface area contributed by atoms with Crippen molar-refractivity contribution in [2.45, 2.75) is 32.4 Å². The standard InChI is InChI=1S/C22H21N3O3/c26-21(24-11-9-15-4-1-2-5-16(15)13-24)14-28-17-7-8-19-18(12-17)22(27)25-10-3-6-20(25)23-19/h1-2,4-5,7-8,12H,3,6,9-11,13-14H2. The Hall–Kier alpha value is -3.15. The van der Waals surface area contributed by atoms with Crippen molar-refractivity contribution in [3.63, 3.8) is 0 Å². The molecule has 0 unspecified atom stereocenters. The van der Waals surface area contributed by atoms with Crippen LogP contribution < -0.4 is 10.3 Å². The van der Waals surface area contributed by atoms with Gasteiger partial charge in [-0.2, -0.15) is 0 Å². The Bertz CT molecular complexity index is 1140. The van der Waals surface area contributed by atoms with E-state index in [0.717, 1.165) is 31.6 Å². The van der Waals surface area contributed by atoms with Crippen molar-refractivity contribution in [3.05, 3.63) is 69.8 Å². The first-order valence-electron chi connectivity index (χ1n) is 9.70. The summed E-state index contributed by atoms with van der Waals surface area (Å²) >= 11 is 0. The van der Waals surface area contributed by atoms with E-state index in [9.17, 15) is 9.59 Å². The van der Waals surface area contributed by atoms with Crippen molar-refractivity contribution >= 4 is 16.8 Å². The predicted molar refractivity (Wildman–Crippen MR) is 105 cm³/mol. The van der Waals surface area contributed by atoms with Crippen LogP contribution in [0.4, 0.5) is 0 Å². The number of fused-ring (bicyclic) bond motifs is 3. The summed E-state index contributed by atoms with van der Waals surface area (Å²) in [5, 5.41) is 0.544. The van der Waals surface area contributed by atoms with Crippen LogP contribution in [-0.2, 0) is 30.7 Å². The second kappa shape index (κ2) is 6.78. The van der Waals surface area contributed by atoms with Gasteiger partial charge in [-0.05, 0) is 42.2 Å². The summed E-state index contributed by atoms with van der Waals surface area (Å²) in [6.45, 7) is 2.01. The predicted octanol–water partition coefficient (Wildman–Crippen LogP) is 2.31. The van der Waals surface area contributed by atoms with Crippen molar-refractivity contribution in [3.8, 4) is 5.75 Å². The quantitative estimate of drug-likeness (QED) is 0.705. The minimum atomic E-state index is -0.0431. The van der Waals surface area contributed by atoms with Crippen LogP contribution >= 0.6 is 0 Å². The van der Waals surface area contributed by atoms with E-state index in [2.05, 4.69) is 17.1 Å². The molecule has 3 aromatic rings. The summed E-state index contributed by atoms with van der Waals surface area (Å²) in [6.07, 6.45) is 2.66. The van der Waals surface area contributed by atoms with E-state index in [-0.39, 0.29) is 18.1 Å². The molecule has 28 heavy (non-hydrogen) atoms. The third kappa shape index (κ3) is 2.95. The lowest BCUT2D eigenvalue weighted by molar-refractivity contribution is -0.134. The molecule has 0 bridgehead atoms. The molecule has 6 nitrogen and oxygen atoms in total. The SMILES string of the molecule is O=C(COc1ccc2nc3n(c(=O)c2c1)CCC3)N1CCc2ccccc2C1. The van der Waals surface area contributed by atoms with E-state index in [0.29, 0.717) is 29.7 Å².